The Morgan fingerprint density at radius 1 is 0.550 bits per heavy atom. The van der Waals surface area contributed by atoms with E-state index in [2.05, 4.69) is 0 Å². The van der Waals surface area contributed by atoms with Gasteiger partial charge in [-0.25, -0.2) is 0 Å². The first-order valence-corrected chi connectivity index (χ1v) is 5.87. The van der Waals surface area contributed by atoms with Gasteiger partial charge in [0, 0.05) is 11.8 Å². The van der Waals surface area contributed by atoms with E-state index in [0.717, 1.165) is 0 Å². The van der Waals surface area contributed by atoms with Crippen molar-refractivity contribution in [2.24, 2.45) is 35.5 Å². The SMILES string of the molecule is O=C(O)[C@@H]1C2C=CC([C@H]1C(=O)O)[C@H](C(=O)O)[C@@H]2C(=O)O. The van der Waals surface area contributed by atoms with Gasteiger partial charge in [-0.1, -0.05) is 12.2 Å². The van der Waals surface area contributed by atoms with E-state index >= 15 is 0 Å². The van der Waals surface area contributed by atoms with Crippen LogP contribution >= 0.6 is 0 Å². The van der Waals surface area contributed by atoms with Crippen LogP contribution in [0.25, 0.3) is 0 Å². The molecule has 3 aliphatic rings. The monoisotopic (exact) mass is 284 g/mol. The van der Waals surface area contributed by atoms with Gasteiger partial charge >= 0.3 is 23.9 Å². The highest BCUT2D eigenvalue weighted by molar-refractivity contribution is 5.88. The second-order valence-corrected chi connectivity index (χ2v) is 5.00. The van der Waals surface area contributed by atoms with Crippen molar-refractivity contribution >= 4 is 23.9 Å². The molecule has 0 radical (unpaired) electrons. The molecule has 0 aliphatic heterocycles. The molecule has 2 unspecified atom stereocenters. The van der Waals surface area contributed by atoms with Crippen LogP contribution in [-0.4, -0.2) is 44.3 Å². The Morgan fingerprint density at radius 2 is 0.750 bits per heavy atom. The number of rotatable bonds is 4. The summed E-state index contributed by atoms with van der Waals surface area (Å²) in [5, 5.41) is 36.7. The zero-order valence-electron chi connectivity index (χ0n) is 10.0. The van der Waals surface area contributed by atoms with Gasteiger partial charge in [0.2, 0.25) is 0 Å². The van der Waals surface area contributed by atoms with Crippen LogP contribution in [0.3, 0.4) is 0 Å². The van der Waals surface area contributed by atoms with E-state index < -0.39 is 59.4 Å². The van der Waals surface area contributed by atoms with Crippen LogP contribution < -0.4 is 0 Å². The first kappa shape index (κ1) is 14.0. The minimum Gasteiger partial charge on any atom is -0.481 e. The third-order valence-electron chi connectivity index (χ3n) is 4.13. The summed E-state index contributed by atoms with van der Waals surface area (Å²) in [5.41, 5.74) is 0. The molecule has 3 aliphatic carbocycles. The molecule has 0 spiro atoms. The highest BCUT2D eigenvalue weighted by atomic mass is 16.4. The van der Waals surface area contributed by atoms with E-state index in [0.29, 0.717) is 0 Å². The molecule has 0 heterocycles. The summed E-state index contributed by atoms with van der Waals surface area (Å²) >= 11 is 0. The molecule has 0 saturated heterocycles. The van der Waals surface area contributed by atoms with Gasteiger partial charge in [-0.2, -0.15) is 0 Å². The molecular formula is C12H12O8. The van der Waals surface area contributed by atoms with Crippen molar-refractivity contribution in [3.8, 4) is 0 Å². The maximum absolute atomic E-state index is 11.3. The first-order chi connectivity index (χ1) is 9.27. The van der Waals surface area contributed by atoms with Gasteiger partial charge in [0.1, 0.15) is 0 Å². The lowest BCUT2D eigenvalue weighted by Gasteiger charge is -2.47. The number of aliphatic carboxylic acids is 4. The number of fused-ring (bicyclic) bond motifs is 2. The maximum atomic E-state index is 11.3. The van der Waals surface area contributed by atoms with Crippen molar-refractivity contribution in [1.82, 2.24) is 0 Å². The molecule has 108 valence electrons. The summed E-state index contributed by atoms with van der Waals surface area (Å²) in [5.74, 6) is -13.7. The first-order valence-electron chi connectivity index (χ1n) is 5.87. The Kier molecular flexibility index (Phi) is 3.24. The summed E-state index contributed by atoms with van der Waals surface area (Å²) in [6.45, 7) is 0. The average molecular weight is 284 g/mol. The second-order valence-electron chi connectivity index (χ2n) is 5.00. The number of allylic oxidation sites excluding steroid dienone is 2. The van der Waals surface area contributed by atoms with Crippen molar-refractivity contribution in [2.75, 3.05) is 0 Å². The minimum absolute atomic E-state index is 1.14. The molecule has 0 aromatic rings. The van der Waals surface area contributed by atoms with E-state index in [1.165, 1.54) is 12.2 Å². The van der Waals surface area contributed by atoms with E-state index in [1.807, 2.05) is 0 Å². The van der Waals surface area contributed by atoms with Gasteiger partial charge in [0.25, 0.3) is 0 Å². The lowest BCUT2D eigenvalue weighted by Crippen LogP contribution is -2.57. The molecule has 8 nitrogen and oxygen atoms in total. The van der Waals surface area contributed by atoms with Crippen LogP contribution in [0.15, 0.2) is 12.2 Å². The standard InChI is InChI=1S/C12H12O8/c13-9(14)5-3-1-2-4(7(5)11(17)18)8(12(19)20)6(3)10(15)16/h1-8H,(H,13,14)(H,15,16)(H,17,18)(H,19,20)/t3?,4?,5-,6-,7-,8+/m1/s1. The minimum atomic E-state index is -1.43. The van der Waals surface area contributed by atoms with Gasteiger partial charge in [-0.15, -0.1) is 0 Å². The van der Waals surface area contributed by atoms with E-state index in [1.54, 1.807) is 0 Å². The summed E-state index contributed by atoms with van der Waals surface area (Å²) in [4.78, 5) is 45.1. The van der Waals surface area contributed by atoms with Crippen molar-refractivity contribution < 1.29 is 39.6 Å². The van der Waals surface area contributed by atoms with Gasteiger partial charge in [-0.3, -0.25) is 19.2 Å². The average Bonchev–Trinajstić information content (AvgIpc) is 2.36. The van der Waals surface area contributed by atoms with Crippen molar-refractivity contribution in [1.29, 1.82) is 0 Å². The highest BCUT2D eigenvalue weighted by Crippen LogP contribution is 2.51. The number of hydrogen-bond donors (Lipinski definition) is 4. The molecule has 2 bridgehead atoms. The van der Waals surface area contributed by atoms with Gasteiger partial charge in [0.05, 0.1) is 23.7 Å². The predicted octanol–water partition coefficient (Wildman–Crippen LogP) is -0.395. The Hall–Kier alpha value is -2.38. The van der Waals surface area contributed by atoms with Crippen LogP contribution in [0.5, 0.6) is 0 Å². The smallest absolute Gasteiger partial charge is 0.308 e. The quantitative estimate of drug-likeness (QED) is 0.509. The Morgan fingerprint density at radius 3 is 0.900 bits per heavy atom. The fourth-order valence-electron chi connectivity index (χ4n) is 3.41. The molecule has 0 amide bonds. The van der Waals surface area contributed by atoms with Crippen LogP contribution in [0.4, 0.5) is 0 Å². The van der Waals surface area contributed by atoms with Gasteiger partial charge in [0.15, 0.2) is 0 Å². The van der Waals surface area contributed by atoms with Crippen LogP contribution in [0.2, 0.25) is 0 Å². The van der Waals surface area contributed by atoms with E-state index in [9.17, 15) is 19.2 Å². The highest BCUT2D eigenvalue weighted by Gasteiger charge is 2.61. The molecule has 0 aromatic carbocycles. The molecule has 8 heteroatoms. The lowest BCUT2D eigenvalue weighted by molar-refractivity contribution is -0.178. The number of carboxylic acid groups (broad SMARTS) is 4. The fraction of sp³-hybridized carbons (Fsp3) is 0.500. The third kappa shape index (κ3) is 1.84. The summed E-state index contributed by atoms with van der Waals surface area (Å²) in [6, 6.07) is 0. The molecule has 1 fully saturated rings. The van der Waals surface area contributed by atoms with Crippen LogP contribution in [0, 0.1) is 35.5 Å². The zero-order chi connectivity index (χ0) is 15.2. The van der Waals surface area contributed by atoms with E-state index in [-0.39, 0.29) is 0 Å². The Labute approximate surface area is 112 Å². The van der Waals surface area contributed by atoms with Crippen LogP contribution in [-0.2, 0) is 19.2 Å². The summed E-state index contributed by atoms with van der Waals surface area (Å²) < 4.78 is 0. The van der Waals surface area contributed by atoms with Crippen molar-refractivity contribution in [3.05, 3.63) is 12.2 Å². The lowest BCUT2D eigenvalue weighted by atomic mass is 9.53. The topological polar surface area (TPSA) is 149 Å². The van der Waals surface area contributed by atoms with Crippen LogP contribution in [0.1, 0.15) is 0 Å². The zero-order valence-corrected chi connectivity index (χ0v) is 10.0. The molecule has 1 saturated carbocycles. The predicted molar refractivity (Wildman–Crippen MR) is 60.6 cm³/mol. The molecular weight excluding hydrogens is 272 g/mol. The normalized spacial score (nSPS) is 38.4. The third-order valence-corrected chi connectivity index (χ3v) is 4.13. The maximum Gasteiger partial charge on any atom is 0.308 e. The van der Waals surface area contributed by atoms with Crippen molar-refractivity contribution in [2.45, 2.75) is 0 Å². The molecule has 6 atom stereocenters. The summed E-state index contributed by atoms with van der Waals surface area (Å²) in [6.07, 6.45) is 2.64. The largest absolute Gasteiger partial charge is 0.481 e. The molecule has 20 heavy (non-hydrogen) atoms. The fourth-order valence-corrected chi connectivity index (χ4v) is 3.41. The van der Waals surface area contributed by atoms with Crippen molar-refractivity contribution in [3.63, 3.8) is 0 Å². The molecule has 3 rings (SSSR count). The van der Waals surface area contributed by atoms with Gasteiger partial charge in [-0.05, 0) is 0 Å². The Balaban J connectivity index is 2.56. The molecule has 4 N–H and O–H groups in total. The second kappa shape index (κ2) is 4.62. The summed E-state index contributed by atoms with van der Waals surface area (Å²) in [7, 11) is 0. The van der Waals surface area contributed by atoms with E-state index in [4.69, 9.17) is 20.4 Å². The Bertz CT molecular complexity index is 436. The number of carbonyl (C=O) groups is 4. The number of carboxylic acids is 4. The van der Waals surface area contributed by atoms with Gasteiger partial charge < -0.3 is 20.4 Å². The number of hydrogen-bond acceptors (Lipinski definition) is 4. The molecule has 0 aromatic heterocycles.